The Labute approximate surface area is 124 Å². The quantitative estimate of drug-likeness (QED) is 0.754. The minimum absolute atomic E-state index is 0.0188. The first-order valence-electron chi connectivity index (χ1n) is 6.59. The van der Waals surface area contributed by atoms with E-state index in [1.165, 1.54) is 34.9 Å². The predicted octanol–water partition coefficient (Wildman–Crippen LogP) is 2.89. The first-order chi connectivity index (χ1) is 10.5. The number of carbonyl (C=O) groups excluding carboxylic acids is 1. The molecule has 0 radical (unpaired) electrons. The number of halogens is 2. The first-order valence-corrected chi connectivity index (χ1v) is 6.59. The van der Waals surface area contributed by atoms with Gasteiger partial charge in [0.15, 0.2) is 6.10 Å². The molecule has 3 aromatic rings. The Bertz CT molecular complexity index is 815. The van der Waals surface area contributed by atoms with E-state index in [9.17, 15) is 18.7 Å². The van der Waals surface area contributed by atoms with Crippen molar-refractivity contribution in [2.24, 2.45) is 0 Å². The molecule has 2 aromatic heterocycles. The third-order valence-corrected chi connectivity index (χ3v) is 3.41. The first kappa shape index (κ1) is 14.3. The lowest BCUT2D eigenvalue weighted by Crippen LogP contribution is -2.36. The molecule has 1 unspecified atom stereocenters. The number of rotatable bonds is 4. The van der Waals surface area contributed by atoms with Crippen LogP contribution in [0.2, 0.25) is 0 Å². The number of benzene rings is 1. The minimum Gasteiger partial charge on any atom is -0.382 e. The van der Waals surface area contributed by atoms with Crippen molar-refractivity contribution in [3.8, 4) is 0 Å². The van der Waals surface area contributed by atoms with Gasteiger partial charge < -0.3 is 5.11 Å². The standard InChI is InChI=1S/C16H12F2N2O2/c17-16(18,14(21)11-6-2-1-3-7-11)15(22)12-10-19-13-8-4-5-9-20(12)13/h1-10,14,21H. The summed E-state index contributed by atoms with van der Waals surface area (Å²) in [6, 6.07) is 12.3. The fraction of sp³-hybridized carbons (Fsp3) is 0.125. The van der Waals surface area contributed by atoms with Crippen LogP contribution in [0.25, 0.3) is 5.65 Å². The molecule has 3 rings (SSSR count). The fourth-order valence-corrected chi connectivity index (χ4v) is 2.24. The Morgan fingerprint density at radius 1 is 1.14 bits per heavy atom. The van der Waals surface area contributed by atoms with Crippen LogP contribution in [0.3, 0.4) is 0 Å². The Morgan fingerprint density at radius 3 is 2.55 bits per heavy atom. The van der Waals surface area contributed by atoms with E-state index in [0.717, 1.165) is 6.20 Å². The van der Waals surface area contributed by atoms with E-state index >= 15 is 0 Å². The molecular weight excluding hydrogens is 290 g/mol. The molecular formula is C16H12F2N2O2. The number of Topliss-reactive ketones (excluding diaryl/α,β-unsaturated/α-hetero) is 1. The van der Waals surface area contributed by atoms with Gasteiger partial charge in [-0.05, 0) is 17.7 Å². The number of aliphatic hydroxyl groups excluding tert-OH is 1. The number of hydrogen-bond acceptors (Lipinski definition) is 3. The number of ketones is 1. The van der Waals surface area contributed by atoms with Gasteiger partial charge in [0.05, 0.1) is 6.20 Å². The van der Waals surface area contributed by atoms with Crippen LogP contribution >= 0.6 is 0 Å². The van der Waals surface area contributed by atoms with E-state index < -0.39 is 17.8 Å². The number of pyridine rings is 1. The van der Waals surface area contributed by atoms with Crippen LogP contribution in [0, 0.1) is 0 Å². The summed E-state index contributed by atoms with van der Waals surface area (Å²) in [6.07, 6.45) is 0.347. The number of hydrogen-bond donors (Lipinski definition) is 1. The number of nitrogens with zero attached hydrogens (tertiary/aromatic N) is 2. The lowest BCUT2D eigenvalue weighted by atomic mass is 9.99. The van der Waals surface area contributed by atoms with E-state index in [1.54, 1.807) is 24.3 Å². The highest BCUT2D eigenvalue weighted by Crippen LogP contribution is 2.34. The van der Waals surface area contributed by atoms with Crippen molar-refractivity contribution in [1.82, 2.24) is 9.38 Å². The lowest BCUT2D eigenvalue weighted by molar-refractivity contribution is -0.0795. The van der Waals surface area contributed by atoms with Crippen LogP contribution < -0.4 is 0 Å². The van der Waals surface area contributed by atoms with Gasteiger partial charge in [-0.15, -0.1) is 0 Å². The summed E-state index contributed by atoms with van der Waals surface area (Å²) in [5.41, 5.74) is 0.0982. The highest BCUT2D eigenvalue weighted by Gasteiger charge is 2.48. The normalized spacial score (nSPS) is 13.2. The number of aliphatic hydroxyl groups is 1. The third-order valence-electron chi connectivity index (χ3n) is 3.41. The smallest absolute Gasteiger partial charge is 0.340 e. The zero-order chi connectivity index (χ0) is 15.7. The van der Waals surface area contributed by atoms with E-state index in [4.69, 9.17) is 0 Å². The summed E-state index contributed by atoms with van der Waals surface area (Å²) in [5.74, 6) is -5.42. The fourth-order valence-electron chi connectivity index (χ4n) is 2.24. The maximum atomic E-state index is 14.3. The minimum atomic E-state index is -3.95. The molecule has 0 aliphatic heterocycles. The van der Waals surface area contributed by atoms with E-state index in [2.05, 4.69) is 4.98 Å². The second-order valence-electron chi connectivity index (χ2n) is 4.84. The average molecular weight is 302 g/mol. The van der Waals surface area contributed by atoms with Crippen molar-refractivity contribution in [3.05, 3.63) is 72.2 Å². The van der Waals surface area contributed by atoms with Crippen molar-refractivity contribution in [1.29, 1.82) is 0 Å². The maximum absolute atomic E-state index is 14.3. The molecule has 0 amide bonds. The summed E-state index contributed by atoms with van der Waals surface area (Å²) in [6.45, 7) is 0. The molecule has 1 N–H and O–H groups in total. The second-order valence-corrected chi connectivity index (χ2v) is 4.84. The molecule has 2 heterocycles. The molecule has 6 heteroatoms. The van der Waals surface area contributed by atoms with Crippen molar-refractivity contribution in [2.45, 2.75) is 12.0 Å². The molecule has 0 aliphatic carbocycles. The van der Waals surface area contributed by atoms with Crippen LogP contribution in [0.5, 0.6) is 0 Å². The Morgan fingerprint density at radius 2 is 1.82 bits per heavy atom. The summed E-state index contributed by atoms with van der Waals surface area (Å²) in [7, 11) is 0. The van der Waals surface area contributed by atoms with Gasteiger partial charge in [0.25, 0.3) is 5.78 Å². The number of alkyl halides is 2. The monoisotopic (exact) mass is 302 g/mol. The molecule has 0 spiro atoms. The number of aromatic nitrogens is 2. The van der Waals surface area contributed by atoms with Crippen molar-refractivity contribution < 1.29 is 18.7 Å². The van der Waals surface area contributed by atoms with Gasteiger partial charge in [0.2, 0.25) is 0 Å². The Balaban J connectivity index is 2.00. The average Bonchev–Trinajstić information content (AvgIpc) is 2.98. The highest BCUT2D eigenvalue weighted by molar-refractivity contribution is 6.01. The van der Waals surface area contributed by atoms with Gasteiger partial charge in [-0.25, -0.2) is 4.98 Å². The summed E-state index contributed by atoms with van der Waals surface area (Å²) in [5, 5.41) is 9.89. The van der Waals surface area contributed by atoms with Gasteiger partial charge >= 0.3 is 5.92 Å². The molecule has 0 fully saturated rings. The largest absolute Gasteiger partial charge is 0.382 e. The molecule has 1 atom stereocenters. The Kier molecular flexibility index (Phi) is 3.46. The van der Waals surface area contributed by atoms with Crippen molar-refractivity contribution >= 4 is 11.4 Å². The van der Waals surface area contributed by atoms with Crippen molar-refractivity contribution in [3.63, 3.8) is 0 Å². The van der Waals surface area contributed by atoms with E-state index in [1.807, 2.05) is 0 Å². The van der Waals surface area contributed by atoms with Gasteiger partial charge in [0.1, 0.15) is 11.3 Å². The van der Waals surface area contributed by atoms with Crippen LogP contribution in [-0.2, 0) is 0 Å². The summed E-state index contributed by atoms with van der Waals surface area (Å²) >= 11 is 0. The highest BCUT2D eigenvalue weighted by atomic mass is 19.3. The van der Waals surface area contributed by atoms with E-state index in [0.29, 0.717) is 5.65 Å². The van der Waals surface area contributed by atoms with Crippen LogP contribution in [0.1, 0.15) is 22.2 Å². The summed E-state index contributed by atoms with van der Waals surface area (Å²) in [4.78, 5) is 16.1. The van der Waals surface area contributed by atoms with Crippen LogP contribution in [0.4, 0.5) is 8.78 Å². The molecule has 22 heavy (non-hydrogen) atoms. The molecule has 0 saturated carbocycles. The molecule has 0 bridgehead atoms. The zero-order valence-electron chi connectivity index (χ0n) is 11.4. The molecule has 0 saturated heterocycles. The Hall–Kier alpha value is -2.60. The zero-order valence-corrected chi connectivity index (χ0v) is 11.4. The second kappa shape index (κ2) is 5.31. The lowest BCUT2D eigenvalue weighted by Gasteiger charge is -2.21. The van der Waals surface area contributed by atoms with Gasteiger partial charge in [-0.2, -0.15) is 8.78 Å². The van der Waals surface area contributed by atoms with Crippen molar-refractivity contribution in [2.75, 3.05) is 0 Å². The topological polar surface area (TPSA) is 54.6 Å². The van der Waals surface area contributed by atoms with Gasteiger partial charge in [0, 0.05) is 6.20 Å². The third kappa shape index (κ3) is 2.27. The number of carbonyl (C=O) groups is 1. The number of imidazole rings is 1. The van der Waals surface area contributed by atoms with E-state index in [-0.39, 0.29) is 11.3 Å². The van der Waals surface area contributed by atoms with Crippen LogP contribution in [-0.4, -0.2) is 26.2 Å². The SMILES string of the molecule is O=C(c1cnc2ccccn12)C(F)(F)C(O)c1ccccc1. The van der Waals surface area contributed by atoms with Gasteiger partial charge in [-0.3, -0.25) is 9.20 Å². The predicted molar refractivity (Wildman–Crippen MR) is 75.9 cm³/mol. The molecule has 1 aromatic carbocycles. The van der Waals surface area contributed by atoms with Gasteiger partial charge in [-0.1, -0.05) is 36.4 Å². The maximum Gasteiger partial charge on any atom is 0.340 e. The summed E-state index contributed by atoms with van der Waals surface area (Å²) < 4.78 is 30.0. The molecule has 4 nitrogen and oxygen atoms in total. The van der Waals surface area contributed by atoms with Crippen LogP contribution in [0.15, 0.2) is 60.9 Å². The molecule has 0 aliphatic rings. The number of fused-ring (bicyclic) bond motifs is 1. The molecule has 112 valence electrons.